The van der Waals surface area contributed by atoms with Crippen molar-refractivity contribution in [2.24, 2.45) is 0 Å². The Morgan fingerprint density at radius 3 is 2.56 bits per heavy atom. The van der Waals surface area contributed by atoms with E-state index in [0.717, 1.165) is 44.2 Å². The molecule has 1 fully saturated rings. The largest absolute Gasteiger partial charge is 0.449 e. The van der Waals surface area contributed by atoms with E-state index in [1.54, 1.807) is 0 Å². The molecule has 2 N–H and O–H groups in total. The molecule has 0 aromatic heterocycles. The van der Waals surface area contributed by atoms with Crippen LogP contribution in [0.2, 0.25) is 5.02 Å². The number of esters is 1. The number of benzene rings is 1. The second-order valence-electron chi connectivity index (χ2n) is 5.97. The van der Waals surface area contributed by atoms with E-state index in [0.29, 0.717) is 0 Å². The zero-order valence-electron chi connectivity index (χ0n) is 13.8. The Morgan fingerprint density at radius 1 is 1.24 bits per heavy atom. The van der Waals surface area contributed by atoms with Crippen molar-refractivity contribution >= 4 is 29.5 Å². The fourth-order valence-electron chi connectivity index (χ4n) is 2.61. The van der Waals surface area contributed by atoms with Crippen LogP contribution in [0.1, 0.15) is 49.4 Å². The zero-order chi connectivity index (χ0) is 18.4. The summed E-state index contributed by atoms with van der Waals surface area (Å²) in [7, 11) is 0. The van der Waals surface area contributed by atoms with Gasteiger partial charge in [-0.2, -0.15) is 0 Å². The number of carbonyl (C=O) groups excluding carboxylic acids is 3. The number of ether oxygens (including phenoxy) is 1. The lowest BCUT2D eigenvalue weighted by Crippen LogP contribution is -2.48. The minimum Gasteiger partial charge on any atom is -0.449 e. The highest BCUT2D eigenvalue weighted by molar-refractivity contribution is 6.33. The number of amides is 3. The van der Waals surface area contributed by atoms with Crippen LogP contribution >= 0.6 is 11.6 Å². The first-order valence-electron chi connectivity index (χ1n) is 8.14. The van der Waals surface area contributed by atoms with Crippen molar-refractivity contribution < 1.29 is 23.5 Å². The van der Waals surface area contributed by atoms with Crippen LogP contribution in [0.3, 0.4) is 0 Å². The summed E-state index contributed by atoms with van der Waals surface area (Å²) in [4.78, 5) is 35.8. The minimum atomic E-state index is -1.20. The highest BCUT2D eigenvalue weighted by Crippen LogP contribution is 2.19. The molecule has 1 aromatic carbocycles. The van der Waals surface area contributed by atoms with Crippen LogP contribution in [0.25, 0.3) is 0 Å². The van der Waals surface area contributed by atoms with Crippen LogP contribution in [0.15, 0.2) is 18.2 Å². The van der Waals surface area contributed by atoms with Crippen LogP contribution in [-0.2, 0) is 9.53 Å². The molecular formula is C17H20ClFN2O4. The average molecular weight is 371 g/mol. The Labute approximate surface area is 150 Å². The second-order valence-corrected chi connectivity index (χ2v) is 6.38. The van der Waals surface area contributed by atoms with Gasteiger partial charge in [0.25, 0.3) is 5.91 Å². The average Bonchev–Trinajstić information content (AvgIpc) is 2.55. The van der Waals surface area contributed by atoms with Crippen molar-refractivity contribution in [1.29, 1.82) is 0 Å². The molecule has 0 saturated heterocycles. The first-order chi connectivity index (χ1) is 11.9. The molecule has 0 unspecified atom stereocenters. The van der Waals surface area contributed by atoms with Crippen molar-refractivity contribution in [2.45, 2.75) is 51.2 Å². The van der Waals surface area contributed by atoms with Gasteiger partial charge in [0.05, 0.1) is 10.6 Å². The number of carbonyl (C=O) groups is 3. The molecular weight excluding hydrogens is 351 g/mol. The molecule has 136 valence electrons. The van der Waals surface area contributed by atoms with E-state index in [4.69, 9.17) is 16.3 Å². The summed E-state index contributed by atoms with van der Waals surface area (Å²) in [6.07, 6.45) is 3.81. The molecule has 6 nitrogen and oxygen atoms in total. The van der Waals surface area contributed by atoms with E-state index >= 15 is 0 Å². The molecule has 0 spiro atoms. The Kier molecular flexibility index (Phi) is 6.75. The molecule has 0 bridgehead atoms. The lowest BCUT2D eigenvalue weighted by Gasteiger charge is -2.23. The van der Waals surface area contributed by atoms with Crippen molar-refractivity contribution in [3.63, 3.8) is 0 Å². The number of hydrogen-bond acceptors (Lipinski definition) is 4. The number of halogens is 2. The third-order valence-electron chi connectivity index (χ3n) is 3.98. The SMILES string of the molecule is C[C@H](OC(=O)c1ccc(F)cc1Cl)C(=O)NC(=O)NC1CCCCC1. The van der Waals surface area contributed by atoms with E-state index < -0.39 is 29.8 Å². The third kappa shape index (κ3) is 5.70. The fourth-order valence-corrected chi connectivity index (χ4v) is 2.86. The Bertz CT molecular complexity index is 662. The third-order valence-corrected chi connectivity index (χ3v) is 4.29. The van der Waals surface area contributed by atoms with Crippen molar-refractivity contribution in [1.82, 2.24) is 10.6 Å². The van der Waals surface area contributed by atoms with Crippen molar-refractivity contribution in [3.8, 4) is 0 Å². The first-order valence-corrected chi connectivity index (χ1v) is 8.52. The van der Waals surface area contributed by atoms with E-state index in [1.165, 1.54) is 13.0 Å². The smallest absolute Gasteiger partial charge is 0.340 e. The van der Waals surface area contributed by atoms with Crippen LogP contribution < -0.4 is 10.6 Å². The molecule has 1 aliphatic rings. The molecule has 3 amide bonds. The maximum absolute atomic E-state index is 13.0. The Hall–Kier alpha value is -2.15. The van der Waals surface area contributed by atoms with E-state index in [-0.39, 0.29) is 16.6 Å². The van der Waals surface area contributed by atoms with Crippen LogP contribution in [-0.4, -0.2) is 30.1 Å². The molecule has 0 aliphatic heterocycles. The van der Waals surface area contributed by atoms with Gasteiger partial charge in [-0.05, 0) is 38.0 Å². The molecule has 8 heteroatoms. The fraction of sp³-hybridized carbons (Fsp3) is 0.471. The van der Waals surface area contributed by atoms with E-state index in [9.17, 15) is 18.8 Å². The topological polar surface area (TPSA) is 84.5 Å². The predicted octanol–water partition coefficient (Wildman–Crippen LogP) is 3.18. The second kappa shape index (κ2) is 8.80. The van der Waals surface area contributed by atoms with Gasteiger partial charge in [0.2, 0.25) is 0 Å². The van der Waals surface area contributed by atoms with Gasteiger partial charge in [0.1, 0.15) is 5.82 Å². The number of imide groups is 1. The molecule has 25 heavy (non-hydrogen) atoms. The van der Waals surface area contributed by atoms with Gasteiger partial charge < -0.3 is 10.1 Å². The summed E-state index contributed by atoms with van der Waals surface area (Å²) >= 11 is 5.77. The highest BCUT2D eigenvalue weighted by Gasteiger charge is 2.23. The van der Waals surface area contributed by atoms with Gasteiger partial charge in [0, 0.05) is 6.04 Å². The quantitative estimate of drug-likeness (QED) is 0.797. The molecule has 1 saturated carbocycles. The molecule has 1 aliphatic carbocycles. The summed E-state index contributed by atoms with van der Waals surface area (Å²) < 4.78 is 18.0. The van der Waals surface area contributed by atoms with Crippen molar-refractivity contribution in [2.75, 3.05) is 0 Å². The summed E-state index contributed by atoms with van der Waals surface area (Å²) in [5.41, 5.74) is -0.0608. The lowest BCUT2D eigenvalue weighted by atomic mass is 9.96. The minimum absolute atomic E-state index is 0.0532. The van der Waals surface area contributed by atoms with Gasteiger partial charge in [-0.15, -0.1) is 0 Å². The molecule has 0 radical (unpaired) electrons. The highest BCUT2D eigenvalue weighted by atomic mass is 35.5. The number of nitrogens with one attached hydrogen (secondary N) is 2. The van der Waals surface area contributed by atoms with Crippen LogP contribution in [0.4, 0.5) is 9.18 Å². The van der Waals surface area contributed by atoms with Gasteiger partial charge in [0.15, 0.2) is 6.10 Å². The van der Waals surface area contributed by atoms with Crippen LogP contribution in [0.5, 0.6) is 0 Å². The summed E-state index contributed by atoms with van der Waals surface area (Å²) in [5, 5.41) is 4.76. The Balaban J connectivity index is 1.84. The molecule has 0 heterocycles. The van der Waals surface area contributed by atoms with Gasteiger partial charge in [-0.25, -0.2) is 14.0 Å². The number of rotatable bonds is 4. The van der Waals surface area contributed by atoms with Gasteiger partial charge >= 0.3 is 12.0 Å². The lowest BCUT2D eigenvalue weighted by molar-refractivity contribution is -0.127. The van der Waals surface area contributed by atoms with Gasteiger partial charge in [-0.3, -0.25) is 10.1 Å². The molecule has 1 aromatic rings. The van der Waals surface area contributed by atoms with Crippen LogP contribution in [0, 0.1) is 5.82 Å². The summed E-state index contributed by atoms with van der Waals surface area (Å²) in [6, 6.07) is 2.64. The van der Waals surface area contributed by atoms with Gasteiger partial charge in [-0.1, -0.05) is 30.9 Å². The standard InChI is InChI=1S/C17H20ClFN2O4/c1-10(25-16(23)13-8-7-11(19)9-14(13)18)15(22)21-17(24)20-12-5-3-2-4-6-12/h7-10,12H,2-6H2,1H3,(H2,20,21,22,24)/t10-/m0/s1. The maximum atomic E-state index is 13.0. The Morgan fingerprint density at radius 2 is 1.92 bits per heavy atom. The number of urea groups is 1. The summed E-state index contributed by atoms with van der Waals surface area (Å²) in [5.74, 6) is -2.22. The normalized spacial score (nSPS) is 16.0. The number of hydrogen-bond donors (Lipinski definition) is 2. The molecule has 2 rings (SSSR count). The van der Waals surface area contributed by atoms with E-state index in [1.807, 2.05) is 0 Å². The summed E-state index contributed by atoms with van der Waals surface area (Å²) in [6.45, 7) is 1.33. The first kappa shape index (κ1) is 19.2. The molecule has 1 atom stereocenters. The monoisotopic (exact) mass is 370 g/mol. The maximum Gasteiger partial charge on any atom is 0.340 e. The van der Waals surface area contributed by atoms with Crippen molar-refractivity contribution in [3.05, 3.63) is 34.6 Å². The van der Waals surface area contributed by atoms with E-state index in [2.05, 4.69) is 10.6 Å². The zero-order valence-corrected chi connectivity index (χ0v) is 14.6. The predicted molar refractivity (Wildman–Crippen MR) is 89.8 cm³/mol.